The largest absolute Gasteiger partial charge is 0.354 e. The summed E-state index contributed by atoms with van der Waals surface area (Å²) in [7, 11) is 0. The molecule has 7 rings (SSSR count). The minimum Gasteiger partial charge on any atom is -0.354 e. The summed E-state index contributed by atoms with van der Waals surface area (Å²) in [5.74, 6) is 0. The van der Waals surface area contributed by atoms with Crippen molar-refractivity contribution in [2.45, 2.75) is 38.8 Å². The highest BCUT2D eigenvalue weighted by atomic mass is 15.4. The summed E-state index contributed by atoms with van der Waals surface area (Å²) in [4.78, 5) is 9.21. The molecule has 0 saturated carbocycles. The highest BCUT2D eigenvalue weighted by Gasteiger charge is 2.41. The van der Waals surface area contributed by atoms with E-state index in [1.165, 1.54) is 44.1 Å². The Morgan fingerprint density at radius 3 is 1.24 bits per heavy atom. The second-order valence-electron chi connectivity index (χ2n) is 12.1. The number of benzene rings is 6. The summed E-state index contributed by atoms with van der Waals surface area (Å²) in [6.07, 6.45) is 0. The van der Waals surface area contributed by atoms with Gasteiger partial charge in [-0.15, -0.1) is 0 Å². The summed E-state index contributed by atoms with van der Waals surface area (Å²) in [6.45, 7) is 5.61. The molecule has 7 aromatic rings. The van der Waals surface area contributed by atoms with Crippen LogP contribution < -0.4 is 0 Å². The SMILES string of the molecule is CC(c1cccc2c1[nH]c1ccccc12)(N(Cc1ccccc1)Cc1ccccc1)N(Cc1ccccc1)Cc1ccccc1. The molecule has 3 heteroatoms. The third kappa shape index (κ3) is 6.06. The van der Waals surface area contributed by atoms with E-state index in [4.69, 9.17) is 0 Å². The fourth-order valence-electron chi connectivity index (χ4n) is 6.75. The molecule has 222 valence electrons. The molecule has 0 aliphatic heterocycles. The summed E-state index contributed by atoms with van der Waals surface area (Å²) >= 11 is 0. The van der Waals surface area contributed by atoms with Gasteiger partial charge in [0, 0.05) is 48.0 Å². The number of hydrogen-bond acceptors (Lipinski definition) is 2. The molecule has 0 aliphatic carbocycles. The van der Waals surface area contributed by atoms with E-state index in [-0.39, 0.29) is 0 Å². The van der Waals surface area contributed by atoms with Crippen molar-refractivity contribution < 1.29 is 0 Å². The molecule has 0 amide bonds. The Morgan fingerprint density at radius 2 is 0.800 bits per heavy atom. The first-order valence-electron chi connectivity index (χ1n) is 15.8. The molecule has 0 aliphatic rings. The lowest BCUT2D eigenvalue weighted by atomic mass is 9.92. The maximum atomic E-state index is 3.86. The predicted octanol–water partition coefficient (Wildman–Crippen LogP) is 9.90. The predicted molar refractivity (Wildman–Crippen MR) is 187 cm³/mol. The Morgan fingerprint density at radius 1 is 0.422 bits per heavy atom. The molecular weight excluding hydrogens is 546 g/mol. The van der Waals surface area contributed by atoms with Crippen LogP contribution in [0.2, 0.25) is 0 Å². The van der Waals surface area contributed by atoms with Crippen LogP contribution in [-0.4, -0.2) is 14.8 Å². The zero-order chi connectivity index (χ0) is 30.5. The van der Waals surface area contributed by atoms with Gasteiger partial charge in [0.25, 0.3) is 0 Å². The lowest BCUT2D eigenvalue weighted by Gasteiger charge is -2.50. The topological polar surface area (TPSA) is 22.3 Å². The second-order valence-corrected chi connectivity index (χ2v) is 12.1. The molecule has 1 N–H and O–H groups in total. The molecule has 1 aromatic heterocycles. The summed E-state index contributed by atoms with van der Waals surface area (Å²) < 4.78 is 0. The van der Waals surface area contributed by atoms with Crippen molar-refractivity contribution in [1.82, 2.24) is 14.8 Å². The number of H-pyrrole nitrogens is 1. The highest BCUT2D eigenvalue weighted by molar-refractivity contribution is 6.08. The number of aromatic amines is 1. The summed E-state index contributed by atoms with van der Waals surface area (Å²) in [5.41, 5.74) is 8.29. The van der Waals surface area contributed by atoms with Crippen LogP contribution in [0, 0.1) is 0 Å². The monoisotopic (exact) mass is 585 g/mol. The molecule has 1 heterocycles. The first kappa shape index (κ1) is 28.8. The van der Waals surface area contributed by atoms with Gasteiger partial charge in [-0.2, -0.15) is 0 Å². The third-order valence-corrected chi connectivity index (χ3v) is 9.15. The Bertz CT molecular complexity index is 1790. The van der Waals surface area contributed by atoms with Gasteiger partial charge in [-0.25, -0.2) is 0 Å². The molecule has 0 spiro atoms. The number of aromatic nitrogens is 1. The van der Waals surface area contributed by atoms with Crippen LogP contribution in [0.25, 0.3) is 21.8 Å². The number of rotatable bonds is 11. The molecule has 0 fully saturated rings. The molecular formula is C42H39N3. The molecule has 45 heavy (non-hydrogen) atoms. The Labute approximate surface area is 266 Å². The average molecular weight is 586 g/mol. The summed E-state index contributed by atoms with van der Waals surface area (Å²) in [5, 5.41) is 2.51. The average Bonchev–Trinajstić information content (AvgIpc) is 3.48. The van der Waals surface area contributed by atoms with Crippen molar-refractivity contribution >= 4 is 21.8 Å². The Balaban J connectivity index is 1.48. The lowest BCUT2D eigenvalue weighted by Crippen LogP contribution is -2.55. The van der Waals surface area contributed by atoms with Gasteiger partial charge in [-0.3, -0.25) is 9.80 Å². The van der Waals surface area contributed by atoms with Crippen molar-refractivity contribution in [1.29, 1.82) is 0 Å². The van der Waals surface area contributed by atoms with Crippen molar-refractivity contribution in [3.05, 3.63) is 192 Å². The van der Waals surface area contributed by atoms with E-state index in [1.54, 1.807) is 0 Å². The van der Waals surface area contributed by atoms with Crippen LogP contribution in [0.15, 0.2) is 164 Å². The van der Waals surface area contributed by atoms with Gasteiger partial charge in [0.1, 0.15) is 5.66 Å². The number of para-hydroxylation sites is 2. The van der Waals surface area contributed by atoms with Crippen LogP contribution in [-0.2, 0) is 31.8 Å². The van der Waals surface area contributed by atoms with E-state index in [0.29, 0.717) is 0 Å². The van der Waals surface area contributed by atoms with E-state index in [9.17, 15) is 0 Å². The van der Waals surface area contributed by atoms with Crippen LogP contribution >= 0.6 is 0 Å². The van der Waals surface area contributed by atoms with Gasteiger partial charge in [0.05, 0.1) is 5.52 Å². The number of hydrogen-bond donors (Lipinski definition) is 1. The lowest BCUT2D eigenvalue weighted by molar-refractivity contribution is -0.0741. The van der Waals surface area contributed by atoms with Gasteiger partial charge in [0.15, 0.2) is 0 Å². The highest BCUT2D eigenvalue weighted by Crippen LogP contribution is 2.42. The zero-order valence-corrected chi connectivity index (χ0v) is 25.8. The van der Waals surface area contributed by atoms with Crippen LogP contribution in [0.3, 0.4) is 0 Å². The van der Waals surface area contributed by atoms with Gasteiger partial charge in [-0.1, -0.05) is 158 Å². The fraction of sp³-hybridized carbons (Fsp3) is 0.143. The minimum atomic E-state index is -0.516. The van der Waals surface area contributed by atoms with Gasteiger partial charge >= 0.3 is 0 Å². The van der Waals surface area contributed by atoms with E-state index in [2.05, 4.69) is 185 Å². The first-order chi connectivity index (χ1) is 22.2. The molecule has 0 saturated heterocycles. The maximum absolute atomic E-state index is 3.86. The molecule has 6 aromatic carbocycles. The smallest absolute Gasteiger partial charge is 0.100 e. The second kappa shape index (κ2) is 13.0. The maximum Gasteiger partial charge on any atom is 0.100 e. The standard InChI is InChI=1S/C42H39N3/c1-42(39-27-16-26-38-37-25-14-15-28-40(37)43-41(38)39,44(29-33-17-6-2-7-18-33)30-34-19-8-3-9-20-34)45(31-35-21-10-4-11-22-35)32-36-23-12-5-13-24-36/h2-28,43H,29-32H2,1H3. The number of nitrogens with zero attached hydrogens (tertiary/aromatic N) is 2. The van der Waals surface area contributed by atoms with Crippen LogP contribution in [0.1, 0.15) is 34.7 Å². The molecule has 0 radical (unpaired) electrons. The van der Waals surface area contributed by atoms with Crippen molar-refractivity contribution in [2.75, 3.05) is 0 Å². The quantitative estimate of drug-likeness (QED) is 0.153. The first-order valence-corrected chi connectivity index (χ1v) is 15.8. The van der Waals surface area contributed by atoms with E-state index < -0.39 is 5.66 Å². The fourth-order valence-corrected chi connectivity index (χ4v) is 6.75. The molecule has 0 atom stereocenters. The number of nitrogens with one attached hydrogen (secondary N) is 1. The van der Waals surface area contributed by atoms with Crippen molar-refractivity contribution in [3.63, 3.8) is 0 Å². The Kier molecular flexibility index (Phi) is 8.29. The Hall–Kier alpha value is -4.96. The zero-order valence-electron chi connectivity index (χ0n) is 25.8. The van der Waals surface area contributed by atoms with Crippen molar-refractivity contribution in [2.24, 2.45) is 0 Å². The third-order valence-electron chi connectivity index (χ3n) is 9.15. The minimum absolute atomic E-state index is 0.516. The molecule has 3 nitrogen and oxygen atoms in total. The van der Waals surface area contributed by atoms with E-state index in [1.807, 2.05) is 0 Å². The normalized spacial score (nSPS) is 12.0. The van der Waals surface area contributed by atoms with E-state index in [0.717, 1.165) is 31.7 Å². The molecule has 0 unspecified atom stereocenters. The van der Waals surface area contributed by atoms with Crippen LogP contribution in [0.4, 0.5) is 0 Å². The summed E-state index contributed by atoms with van der Waals surface area (Å²) in [6, 6.07) is 59.1. The molecule has 0 bridgehead atoms. The van der Waals surface area contributed by atoms with Gasteiger partial charge in [-0.05, 0) is 35.2 Å². The van der Waals surface area contributed by atoms with Gasteiger partial charge in [0.2, 0.25) is 0 Å². The van der Waals surface area contributed by atoms with E-state index >= 15 is 0 Å². The van der Waals surface area contributed by atoms with Gasteiger partial charge < -0.3 is 4.98 Å². The van der Waals surface area contributed by atoms with Crippen LogP contribution in [0.5, 0.6) is 0 Å². The van der Waals surface area contributed by atoms with Crippen molar-refractivity contribution in [3.8, 4) is 0 Å². The number of fused-ring (bicyclic) bond motifs is 3.